The van der Waals surface area contributed by atoms with Crippen LogP contribution in [0.3, 0.4) is 0 Å². The van der Waals surface area contributed by atoms with Crippen molar-refractivity contribution in [3.05, 3.63) is 95.3 Å². The molecule has 0 aliphatic carbocycles. The van der Waals surface area contributed by atoms with Gasteiger partial charge in [-0.05, 0) is 75.1 Å². The highest BCUT2D eigenvalue weighted by Gasteiger charge is 2.19. The number of carbonyl (C=O) groups is 1. The number of nitrogens with zero attached hydrogens (tertiary/aromatic N) is 2. The number of carbonyl (C=O) groups excluding carboxylic acids is 1. The summed E-state index contributed by atoms with van der Waals surface area (Å²) < 4.78 is 8.15. The number of hydrogen-bond donors (Lipinski definition) is 1. The third-order valence-electron chi connectivity index (χ3n) is 6.11. The molecule has 0 saturated heterocycles. The van der Waals surface area contributed by atoms with Gasteiger partial charge in [0.15, 0.2) is 0 Å². The number of ether oxygens (including phenoxy) is 1. The van der Waals surface area contributed by atoms with Crippen LogP contribution in [0.2, 0.25) is 0 Å². The van der Waals surface area contributed by atoms with E-state index in [1.165, 1.54) is 5.56 Å². The van der Waals surface area contributed by atoms with Gasteiger partial charge < -0.3 is 14.6 Å². The van der Waals surface area contributed by atoms with Crippen LogP contribution in [-0.4, -0.2) is 22.1 Å². The number of hydrogen-bond acceptors (Lipinski definition) is 3. The maximum atomic E-state index is 12.8. The SMILES string of the molecule is CCc1ccc(OCCCCn2c(C(C)NC(=O)c3ccc(C)cc3)nc3ccccc32)cc1. The van der Waals surface area contributed by atoms with Gasteiger partial charge in [0.05, 0.1) is 23.7 Å². The van der Waals surface area contributed by atoms with E-state index in [4.69, 9.17) is 9.72 Å². The first-order valence-corrected chi connectivity index (χ1v) is 12.1. The second-order valence-corrected chi connectivity index (χ2v) is 8.72. The molecule has 0 aliphatic heterocycles. The molecule has 0 fully saturated rings. The maximum Gasteiger partial charge on any atom is 0.251 e. The Bertz CT molecular complexity index is 1230. The van der Waals surface area contributed by atoms with Crippen molar-refractivity contribution in [1.82, 2.24) is 14.9 Å². The van der Waals surface area contributed by atoms with Gasteiger partial charge in [-0.2, -0.15) is 0 Å². The molecule has 0 spiro atoms. The molecule has 1 heterocycles. The Labute approximate surface area is 201 Å². The van der Waals surface area contributed by atoms with Gasteiger partial charge in [-0.15, -0.1) is 0 Å². The van der Waals surface area contributed by atoms with Crippen LogP contribution in [0.5, 0.6) is 5.75 Å². The summed E-state index contributed by atoms with van der Waals surface area (Å²) in [7, 11) is 0. The van der Waals surface area contributed by atoms with Gasteiger partial charge in [0.25, 0.3) is 5.91 Å². The van der Waals surface area contributed by atoms with Crippen LogP contribution < -0.4 is 10.1 Å². The number of unbranched alkanes of at least 4 members (excludes halogenated alkanes) is 1. The number of aromatic nitrogens is 2. The van der Waals surface area contributed by atoms with E-state index in [1.807, 2.05) is 68.4 Å². The molecule has 3 aromatic carbocycles. The summed E-state index contributed by atoms with van der Waals surface area (Å²) in [6, 6.07) is 23.9. The first-order valence-electron chi connectivity index (χ1n) is 12.1. The Hall–Kier alpha value is -3.60. The smallest absolute Gasteiger partial charge is 0.251 e. The fourth-order valence-electron chi connectivity index (χ4n) is 4.09. The lowest BCUT2D eigenvalue weighted by molar-refractivity contribution is 0.0937. The topological polar surface area (TPSA) is 56.1 Å². The first kappa shape index (κ1) is 23.6. The number of amides is 1. The van der Waals surface area contributed by atoms with E-state index in [0.29, 0.717) is 12.2 Å². The van der Waals surface area contributed by atoms with Crippen molar-refractivity contribution >= 4 is 16.9 Å². The summed E-state index contributed by atoms with van der Waals surface area (Å²) >= 11 is 0. The molecule has 1 aromatic heterocycles. The van der Waals surface area contributed by atoms with Crippen LogP contribution in [0, 0.1) is 6.92 Å². The molecule has 5 heteroatoms. The van der Waals surface area contributed by atoms with E-state index in [9.17, 15) is 4.79 Å². The van der Waals surface area contributed by atoms with Crippen molar-refractivity contribution in [3.63, 3.8) is 0 Å². The minimum Gasteiger partial charge on any atom is -0.494 e. The van der Waals surface area contributed by atoms with E-state index < -0.39 is 0 Å². The molecule has 0 saturated carbocycles. The van der Waals surface area contributed by atoms with Crippen LogP contribution in [0.4, 0.5) is 0 Å². The number of fused-ring (bicyclic) bond motifs is 1. The second kappa shape index (κ2) is 11.0. The molecule has 0 bridgehead atoms. The quantitative estimate of drug-likeness (QED) is 0.287. The maximum absolute atomic E-state index is 12.8. The summed E-state index contributed by atoms with van der Waals surface area (Å²) in [6.07, 6.45) is 2.93. The third-order valence-corrected chi connectivity index (χ3v) is 6.11. The number of para-hydroxylation sites is 2. The molecule has 4 aromatic rings. The van der Waals surface area contributed by atoms with Crippen LogP contribution in [0.15, 0.2) is 72.8 Å². The Morgan fingerprint density at radius 1 is 1.00 bits per heavy atom. The van der Waals surface area contributed by atoms with Gasteiger partial charge in [-0.25, -0.2) is 4.98 Å². The number of benzene rings is 3. The van der Waals surface area contributed by atoms with Gasteiger partial charge in [-0.1, -0.05) is 48.9 Å². The lowest BCUT2D eigenvalue weighted by Gasteiger charge is -2.17. The zero-order chi connectivity index (χ0) is 23.9. The molecule has 1 atom stereocenters. The molecule has 1 N–H and O–H groups in total. The fraction of sp³-hybridized carbons (Fsp3) is 0.310. The largest absolute Gasteiger partial charge is 0.494 e. The second-order valence-electron chi connectivity index (χ2n) is 8.72. The number of imidazole rings is 1. The Kier molecular flexibility index (Phi) is 7.63. The summed E-state index contributed by atoms with van der Waals surface area (Å²) in [5.41, 5.74) is 5.14. The lowest BCUT2D eigenvalue weighted by atomic mass is 10.1. The predicted octanol–water partition coefficient (Wildman–Crippen LogP) is 6.26. The molecule has 5 nitrogen and oxygen atoms in total. The van der Waals surface area contributed by atoms with Crippen LogP contribution in [0.25, 0.3) is 11.0 Å². The van der Waals surface area contributed by atoms with Gasteiger partial charge in [0, 0.05) is 12.1 Å². The molecule has 0 aliphatic rings. The van der Waals surface area contributed by atoms with Crippen LogP contribution in [-0.2, 0) is 13.0 Å². The summed E-state index contributed by atoms with van der Waals surface area (Å²) in [5.74, 6) is 1.70. The van der Waals surface area contributed by atoms with E-state index in [0.717, 1.165) is 54.0 Å². The van der Waals surface area contributed by atoms with Gasteiger partial charge in [0.1, 0.15) is 11.6 Å². The van der Waals surface area contributed by atoms with E-state index in [2.05, 4.69) is 35.0 Å². The molecule has 34 heavy (non-hydrogen) atoms. The van der Waals surface area contributed by atoms with Gasteiger partial charge in [0.2, 0.25) is 0 Å². The lowest BCUT2D eigenvalue weighted by Crippen LogP contribution is -2.28. The highest BCUT2D eigenvalue weighted by atomic mass is 16.5. The fourth-order valence-corrected chi connectivity index (χ4v) is 4.09. The highest BCUT2D eigenvalue weighted by molar-refractivity contribution is 5.94. The molecule has 176 valence electrons. The minimum absolute atomic E-state index is 0.0893. The number of rotatable bonds is 10. The molecule has 4 rings (SSSR count). The normalized spacial score (nSPS) is 12.0. The van der Waals surface area contributed by atoms with Crippen LogP contribution >= 0.6 is 0 Å². The van der Waals surface area contributed by atoms with Crippen molar-refractivity contribution in [2.75, 3.05) is 6.61 Å². The average molecular weight is 456 g/mol. The van der Waals surface area contributed by atoms with E-state index >= 15 is 0 Å². The number of nitrogens with one attached hydrogen (secondary N) is 1. The minimum atomic E-state index is -0.213. The van der Waals surface area contributed by atoms with Crippen molar-refractivity contribution in [1.29, 1.82) is 0 Å². The summed E-state index contributed by atoms with van der Waals surface area (Å²) in [6.45, 7) is 7.65. The zero-order valence-corrected chi connectivity index (χ0v) is 20.3. The monoisotopic (exact) mass is 455 g/mol. The van der Waals surface area contributed by atoms with Crippen molar-refractivity contribution in [2.45, 2.75) is 52.6 Å². The molecular weight excluding hydrogens is 422 g/mol. The highest BCUT2D eigenvalue weighted by Crippen LogP contribution is 2.22. The van der Waals surface area contributed by atoms with Crippen molar-refractivity contribution in [3.8, 4) is 5.75 Å². The molecule has 0 radical (unpaired) electrons. The Morgan fingerprint density at radius 3 is 2.47 bits per heavy atom. The first-order chi connectivity index (χ1) is 16.5. The van der Waals surface area contributed by atoms with Crippen molar-refractivity contribution in [2.24, 2.45) is 0 Å². The summed E-state index contributed by atoms with van der Waals surface area (Å²) in [5, 5.41) is 3.12. The summed E-state index contributed by atoms with van der Waals surface area (Å²) in [4.78, 5) is 17.6. The molecular formula is C29H33N3O2. The van der Waals surface area contributed by atoms with Gasteiger partial charge >= 0.3 is 0 Å². The number of aryl methyl sites for hydroxylation is 3. The molecule has 1 unspecified atom stereocenters. The standard InChI is InChI=1S/C29H33N3O2/c1-4-23-13-17-25(18-14-23)34-20-8-7-19-32-27-10-6-5-9-26(27)31-28(32)22(3)30-29(33)24-15-11-21(2)12-16-24/h5-6,9-18,22H,4,7-8,19-20H2,1-3H3,(H,30,33). The predicted molar refractivity (Wildman–Crippen MR) is 137 cm³/mol. The average Bonchev–Trinajstić information content (AvgIpc) is 3.23. The van der Waals surface area contributed by atoms with Crippen LogP contribution in [0.1, 0.15) is 60.0 Å². The van der Waals surface area contributed by atoms with E-state index in [1.54, 1.807) is 0 Å². The third kappa shape index (κ3) is 5.66. The zero-order valence-electron chi connectivity index (χ0n) is 20.3. The van der Waals surface area contributed by atoms with Crippen molar-refractivity contribution < 1.29 is 9.53 Å². The molecule has 1 amide bonds. The Balaban J connectivity index is 1.40. The van der Waals surface area contributed by atoms with E-state index in [-0.39, 0.29) is 11.9 Å². The Morgan fingerprint density at radius 2 is 1.74 bits per heavy atom. The van der Waals surface area contributed by atoms with Gasteiger partial charge in [-0.3, -0.25) is 4.79 Å².